The van der Waals surface area contributed by atoms with E-state index >= 15 is 0 Å². The summed E-state index contributed by atoms with van der Waals surface area (Å²) in [6, 6.07) is 4.85. The van der Waals surface area contributed by atoms with Crippen LogP contribution in [0.1, 0.15) is 5.56 Å². The highest BCUT2D eigenvalue weighted by Gasteiger charge is 2.26. The van der Waals surface area contributed by atoms with Crippen LogP contribution in [0, 0.1) is 0 Å². The molecule has 1 rings (SSSR count). The number of halogens is 4. The van der Waals surface area contributed by atoms with Crippen molar-refractivity contribution in [3.8, 4) is 5.75 Å². The normalized spacial score (nSPS) is 11.6. The second kappa shape index (κ2) is 5.41. The number of benzene rings is 1. The molecule has 0 heterocycles. The van der Waals surface area contributed by atoms with Gasteiger partial charge in [-0.3, -0.25) is 0 Å². The molecule has 0 radical (unpaired) electrons. The lowest BCUT2D eigenvalue weighted by molar-refractivity contribution is -0.125. The van der Waals surface area contributed by atoms with E-state index in [1.807, 2.05) is 0 Å². The summed E-state index contributed by atoms with van der Waals surface area (Å²) in [4.78, 5) is 0. The number of alkyl halides is 3. The van der Waals surface area contributed by atoms with Gasteiger partial charge in [0.2, 0.25) is 0 Å². The van der Waals surface area contributed by atoms with Crippen molar-refractivity contribution in [2.45, 2.75) is 12.7 Å². The SMILES string of the molecule is COc1ccc(CNCC(F)(F)F)cc1Cl. The molecule has 1 aromatic rings. The fourth-order valence-corrected chi connectivity index (χ4v) is 1.45. The lowest BCUT2D eigenvalue weighted by Gasteiger charge is -2.09. The highest BCUT2D eigenvalue weighted by molar-refractivity contribution is 6.32. The van der Waals surface area contributed by atoms with Crippen molar-refractivity contribution < 1.29 is 17.9 Å². The second-order valence-corrected chi connectivity index (χ2v) is 3.59. The molecule has 6 heteroatoms. The Bertz CT molecular complexity index is 354. The zero-order chi connectivity index (χ0) is 12.2. The lowest BCUT2D eigenvalue weighted by atomic mass is 10.2. The van der Waals surface area contributed by atoms with E-state index in [1.54, 1.807) is 18.2 Å². The zero-order valence-corrected chi connectivity index (χ0v) is 9.32. The summed E-state index contributed by atoms with van der Waals surface area (Å²) in [5.41, 5.74) is 0.676. The molecular formula is C10H11ClF3NO. The van der Waals surface area contributed by atoms with Gasteiger partial charge in [-0.15, -0.1) is 0 Å². The number of hydrogen-bond acceptors (Lipinski definition) is 2. The van der Waals surface area contributed by atoms with Gasteiger partial charge < -0.3 is 10.1 Å². The standard InChI is InChI=1S/C10H11ClF3NO/c1-16-9-3-2-7(4-8(9)11)5-15-6-10(12,13)14/h2-4,15H,5-6H2,1H3. The third-order valence-electron chi connectivity index (χ3n) is 1.87. The third-order valence-corrected chi connectivity index (χ3v) is 2.17. The Morgan fingerprint density at radius 1 is 1.38 bits per heavy atom. The van der Waals surface area contributed by atoms with Gasteiger partial charge in [0.15, 0.2) is 0 Å². The molecule has 0 saturated carbocycles. The highest BCUT2D eigenvalue weighted by Crippen LogP contribution is 2.24. The number of nitrogens with one attached hydrogen (secondary N) is 1. The molecule has 90 valence electrons. The molecule has 0 aliphatic rings. The van der Waals surface area contributed by atoms with Crippen LogP contribution in [0.4, 0.5) is 13.2 Å². The summed E-state index contributed by atoms with van der Waals surface area (Å²) in [5, 5.41) is 2.67. The lowest BCUT2D eigenvalue weighted by Crippen LogP contribution is -2.28. The van der Waals surface area contributed by atoms with Crippen molar-refractivity contribution >= 4 is 11.6 Å². The molecule has 16 heavy (non-hydrogen) atoms. The minimum absolute atomic E-state index is 0.114. The topological polar surface area (TPSA) is 21.3 Å². The molecular weight excluding hydrogens is 243 g/mol. The second-order valence-electron chi connectivity index (χ2n) is 3.19. The third kappa shape index (κ3) is 4.28. The molecule has 0 aliphatic carbocycles. The molecule has 0 saturated heterocycles. The van der Waals surface area contributed by atoms with Crippen LogP contribution in [0.3, 0.4) is 0 Å². The van der Waals surface area contributed by atoms with Gasteiger partial charge in [-0.25, -0.2) is 0 Å². The maximum absolute atomic E-state index is 11.8. The largest absolute Gasteiger partial charge is 0.495 e. The number of hydrogen-bond donors (Lipinski definition) is 1. The minimum atomic E-state index is -4.20. The fraction of sp³-hybridized carbons (Fsp3) is 0.400. The van der Waals surface area contributed by atoms with E-state index in [2.05, 4.69) is 5.32 Å². The van der Waals surface area contributed by atoms with Gasteiger partial charge >= 0.3 is 6.18 Å². The number of rotatable bonds is 4. The van der Waals surface area contributed by atoms with Crippen LogP contribution in [0.5, 0.6) is 5.75 Å². The Morgan fingerprint density at radius 3 is 2.56 bits per heavy atom. The molecule has 0 aliphatic heterocycles. The van der Waals surface area contributed by atoms with Crippen LogP contribution in [0.25, 0.3) is 0 Å². The fourth-order valence-electron chi connectivity index (χ4n) is 1.17. The molecule has 1 N–H and O–H groups in total. The van der Waals surface area contributed by atoms with Crippen molar-refractivity contribution in [1.29, 1.82) is 0 Å². The Morgan fingerprint density at radius 2 is 2.06 bits per heavy atom. The first-order valence-corrected chi connectivity index (χ1v) is 4.90. The van der Waals surface area contributed by atoms with Crippen LogP contribution in [-0.4, -0.2) is 19.8 Å². The van der Waals surface area contributed by atoms with Gasteiger partial charge in [-0.1, -0.05) is 17.7 Å². The van der Waals surface area contributed by atoms with Crippen LogP contribution >= 0.6 is 11.6 Å². The number of ether oxygens (including phenoxy) is 1. The van der Waals surface area contributed by atoms with E-state index in [1.165, 1.54) is 7.11 Å². The maximum atomic E-state index is 11.8. The molecule has 0 spiro atoms. The maximum Gasteiger partial charge on any atom is 0.401 e. The van der Waals surface area contributed by atoms with E-state index < -0.39 is 12.7 Å². The molecule has 0 fully saturated rings. The van der Waals surface area contributed by atoms with E-state index in [0.29, 0.717) is 16.3 Å². The number of methoxy groups -OCH3 is 1. The van der Waals surface area contributed by atoms with Crippen LogP contribution < -0.4 is 10.1 Å². The highest BCUT2D eigenvalue weighted by atomic mass is 35.5. The Hall–Kier alpha value is -0.940. The van der Waals surface area contributed by atoms with E-state index in [4.69, 9.17) is 16.3 Å². The zero-order valence-electron chi connectivity index (χ0n) is 8.57. The van der Waals surface area contributed by atoms with Crippen molar-refractivity contribution in [3.63, 3.8) is 0 Å². The molecule has 0 amide bonds. The summed E-state index contributed by atoms with van der Waals surface area (Å²) in [6.45, 7) is -0.903. The first kappa shape index (κ1) is 13.1. The first-order valence-electron chi connectivity index (χ1n) is 4.52. The molecule has 0 unspecified atom stereocenters. The van der Waals surface area contributed by atoms with Crippen LogP contribution in [0.15, 0.2) is 18.2 Å². The van der Waals surface area contributed by atoms with Gasteiger partial charge in [-0.05, 0) is 17.7 Å². The molecule has 1 aromatic carbocycles. The van der Waals surface area contributed by atoms with Crippen LogP contribution in [0.2, 0.25) is 5.02 Å². The Balaban J connectivity index is 2.52. The quantitative estimate of drug-likeness (QED) is 0.891. The average molecular weight is 254 g/mol. The first-order chi connectivity index (χ1) is 7.42. The molecule has 0 bridgehead atoms. The molecule has 0 atom stereocenters. The Kier molecular flexibility index (Phi) is 4.44. The summed E-state index contributed by atoms with van der Waals surface area (Å²) >= 11 is 5.82. The minimum Gasteiger partial charge on any atom is -0.495 e. The van der Waals surface area contributed by atoms with Gasteiger partial charge in [-0.2, -0.15) is 13.2 Å². The summed E-state index contributed by atoms with van der Waals surface area (Å²) < 4.78 is 40.5. The van der Waals surface area contributed by atoms with Crippen molar-refractivity contribution in [2.24, 2.45) is 0 Å². The van der Waals surface area contributed by atoms with Gasteiger partial charge in [0.25, 0.3) is 0 Å². The average Bonchev–Trinajstić information content (AvgIpc) is 2.16. The summed E-state index contributed by atoms with van der Waals surface area (Å²) in [7, 11) is 1.47. The van der Waals surface area contributed by atoms with Gasteiger partial charge in [0.05, 0.1) is 18.7 Å². The van der Waals surface area contributed by atoms with E-state index in [0.717, 1.165) is 0 Å². The van der Waals surface area contributed by atoms with Crippen molar-refractivity contribution in [2.75, 3.05) is 13.7 Å². The summed E-state index contributed by atoms with van der Waals surface area (Å²) in [6.07, 6.45) is -4.20. The summed E-state index contributed by atoms with van der Waals surface area (Å²) in [5.74, 6) is 0.501. The van der Waals surface area contributed by atoms with Gasteiger partial charge in [0.1, 0.15) is 5.75 Å². The van der Waals surface area contributed by atoms with Crippen molar-refractivity contribution in [3.05, 3.63) is 28.8 Å². The molecule has 2 nitrogen and oxygen atoms in total. The van der Waals surface area contributed by atoms with Gasteiger partial charge in [0, 0.05) is 6.54 Å². The monoisotopic (exact) mass is 253 g/mol. The van der Waals surface area contributed by atoms with E-state index in [-0.39, 0.29) is 6.54 Å². The van der Waals surface area contributed by atoms with Crippen LogP contribution in [-0.2, 0) is 6.54 Å². The smallest absolute Gasteiger partial charge is 0.401 e. The predicted molar refractivity (Wildman–Crippen MR) is 55.8 cm³/mol. The Labute approximate surface area is 96.4 Å². The predicted octanol–water partition coefficient (Wildman–Crippen LogP) is 3.00. The van der Waals surface area contributed by atoms with Crippen molar-refractivity contribution in [1.82, 2.24) is 5.32 Å². The molecule has 0 aromatic heterocycles. The van der Waals surface area contributed by atoms with E-state index in [9.17, 15) is 13.2 Å².